The van der Waals surface area contributed by atoms with E-state index >= 15 is 0 Å². The zero-order chi connectivity index (χ0) is 15.9. The summed E-state index contributed by atoms with van der Waals surface area (Å²) in [5.41, 5.74) is 0.708. The summed E-state index contributed by atoms with van der Waals surface area (Å²) in [5.74, 6) is 1.19. The largest absolute Gasteiger partial charge is 0.326 e. The summed E-state index contributed by atoms with van der Waals surface area (Å²) < 4.78 is 0. The Balaban J connectivity index is 1.93. The molecule has 1 unspecified atom stereocenters. The molecular weight excluding hydrogens is 319 g/mol. The van der Waals surface area contributed by atoms with Gasteiger partial charge in [-0.3, -0.25) is 4.79 Å². The van der Waals surface area contributed by atoms with Crippen LogP contribution in [0.15, 0.2) is 18.2 Å². The molecule has 1 amide bonds. The lowest BCUT2D eigenvalue weighted by atomic mass is 9.80. The molecule has 0 aromatic heterocycles. The first-order valence-corrected chi connectivity index (χ1v) is 8.81. The Morgan fingerprint density at radius 2 is 2.05 bits per heavy atom. The van der Waals surface area contributed by atoms with Gasteiger partial charge in [-0.25, -0.2) is 0 Å². The fourth-order valence-electron chi connectivity index (χ4n) is 3.21. The maximum atomic E-state index is 12.3. The molecule has 0 bridgehead atoms. The van der Waals surface area contributed by atoms with Gasteiger partial charge in [-0.1, -0.05) is 36.5 Å². The van der Waals surface area contributed by atoms with Gasteiger partial charge in [0.05, 0.1) is 10.0 Å². The molecule has 0 radical (unpaired) electrons. The minimum Gasteiger partial charge on any atom is -0.326 e. The van der Waals surface area contributed by atoms with Crippen molar-refractivity contribution in [1.29, 1.82) is 0 Å². The summed E-state index contributed by atoms with van der Waals surface area (Å²) in [4.78, 5) is 12.3. The summed E-state index contributed by atoms with van der Waals surface area (Å²) in [7, 11) is 0. The molecule has 2 N–H and O–H groups in total. The van der Waals surface area contributed by atoms with E-state index in [-0.39, 0.29) is 5.91 Å². The Bertz CT molecular complexity index is 501. The molecule has 122 valence electrons. The Morgan fingerprint density at radius 3 is 2.68 bits per heavy atom. The minimum atomic E-state index is 0.0652. The molecule has 1 aromatic carbocycles. The topological polar surface area (TPSA) is 41.1 Å². The average molecular weight is 343 g/mol. The summed E-state index contributed by atoms with van der Waals surface area (Å²) in [6, 6.07) is 5.18. The van der Waals surface area contributed by atoms with Gasteiger partial charge in [-0.05, 0) is 62.4 Å². The number of benzene rings is 1. The highest BCUT2D eigenvalue weighted by molar-refractivity contribution is 6.42. The number of hydrogen-bond acceptors (Lipinski definition) is 2. The van der Waals surface area contributed by atoms with E-state index in [1.807, 2.05) is 0 Å². The predicted octanol–water partition coefficient (Wildman–Crippen LogP) is 4.74. The van der Waals surface area contributed by atoms with Crippen LogP contribution < -0.4 is 10.6 Å². The lowest BCUT2D eigenvalue weighted by molar-refractivity contribution is -0.117. The van der Waals surface area contributed by atoms with Crippen LogP contribution in [0, 0.1) is 11.8 Å². The average Bonchev–Trinajstić information content (AvgIpc) is 2.51. The van der Waals surface area contributed by atoms with E-state index in [0.717, 1.165) is 25.9 Å². The molecule has 1 atom stereocenters. The van der Waals surface area contributed by atoms with Crippen LogP contribution in [0.1, 0.15) is 39.0 Å². The molecule has 1 heterocycles. The van der Waals surface area contributed by atoms with Crippen LogP contribution in [0.5, 0.6) is 0 Å². The Labute approximate surface area is 142 Å². The number of halogens is 2. The number of nitrogens with one attached hydrogen (secondary N) is 2. The normalized spacial score (nSPS) is 17.2. The molecule has 0 spiro atoms. The first-order valence-electron chi connectivity index (χ1n) is 8.05. The van der Waals surface area contributed by atoms with Gasteiger partial charge in [0.15, 0.2) is 0 Å². The monoisotopic (exact) mass is 342 g/mol. The molecule has 5 heteroatoms. The maximum Gasteiger partial charge on any atom is 0.224 e. The predicted molar refractivity (Wildman–Crippen MR) is 93.7 cm³/mol. The van der Waals surface area contributed by atoms with Crippen molar-refractivity contribution in [3.63, 3.8) is 0 Å². The Hall–Kier alpha value is -0.770. The van der Waals surface area contributed by atoms with Crippen molar-refractivity contribution in [3.05, 3.63) is 28.2 Å². The fraction of sp³-hybridized carbons (Fsp3) is 0.588. The SMILES string of the molecule is CCCC(CC(=O)Nc1ccc(Cl)c(Cl)c1)C1CCNCC1. The molecule has 1 fully saturated rings. The lowest BCUT2D eigenvalue weighted by Crippen LogP contribution is -2.33. The molecule has 1 aromatic rings. The van der Waals surface area contributed by atoms with Crippen LogP contribution >= 0.6 is 23.2 Å². The smallest absolute Gasteiger partial charge is 0.224 e. The van der Waals surface area contributed by atoms with Crippen molar-refractivity contribution < 1.29 is 4.79 Å². The number of anilines is 1. The van der Waals surface area contributed by atoms with Crippen molar-refractivity contribution in [1.82, 2.24) is 5.32 Å². The van der Waals surface area contributed by atoms with Crippen LogP contribution in [0.2, 0.25) is 10.0 Å². The lowest BCUT2D eigenvalue weighted by Gasteiger charge is -2.30. The van der Waals surface area contributed by atoms with Gasteiger partial charge >= 0.3 is 0 Å². The van der Waals surface area contributed by atoms with Gasteiger partial charge in [0.1, 0.15) is 0 Å². The molecule has 1 aliphatic heterocycles. The number of hydrogen-bond donors (Lipinski definition) is 2. The van der Waals surface area contributed by atoms with Gasteiger partial charge in [-0.2, -0.15) is 0 Å². The third-order valence-electron chi connectivity index (χ3n) is 4.36. The zero-order valence-electron chi connectivity index (χ0n) is 13.0. The fourth-order valence-corrected chi connectivity index (χ4v) is 3.51. The van der Waals surface area contributed by atoms with Gasteiger partial charge in [0.25, 0.3) is 0 Å². The second kappa shape index (κ2) is 8.76. The first-order chi connectivity index (χ1) is 10.6. The second-order valence-corrected chi connectivity index (χ2v) is 6.83. The van der Waals surface area contributed by atoms with Crippen molar-refractivity contribution in [2.75, 3.05) is 18.4 Å². The van der Waals surface area contributed by atoms with E-state index in [9.17, 15) is 4.79 Å². The Morgan fingerprint density at radius 1 is 1.32 bits per heavy atom. The number of rotatable bonds is 6. The molecular formula is C17H24Cl2N2O. The van der Waals surface area contributed by atoms with E-state index in [4.69, 9.17) is 23.2 Å². The van der Waals surface area contributed by atoms with Crippen molar-refractivity contribution in [2.24, 2.45) is 11.8 Å². The standard InChI is InChI=1S/C17H24Cl2N2O/c1-2-3-13(12-6-8-20-9-7-12)10-17(22)21-14-4-5-15(18)16(19)11-14/h4-5,11-13,20H,2-3,6-10H2,1H3,(H,21,22). The third kappa shape index (κ3) is 5.15. The van der Waals surface area contributed by atoms with E-state index in [1.165, 1.54) is 12.8 Å². The van der Waals surface area contributed by atoms with E-state index in [0.29, 0.717) is 34.0 Å². The number of carbonyl (C=O) groups excluding carboxylic acids is 1. The third-order valence-corrected chi connectivity index (χ3v) is 5.10. The van der Waals surface area contributed by atoms with Gasteiger partial charge in [-0.15, -0.1) is 0 Å². The van der Waals surface area contributed by atoms with Crippen LogP contribution in [0.25, 0.3) is 0 Å². The molecule has 0 aliphatic carbocycles. The number of amides is 1. The van der Waals surface area contributed by atoms with Gasteiger partial charge in [0, 0.05) is 12.1 Å². The molecule has 1 aliphatic rings. The van der Waals surface area contributed by atoms with E-state index < -0.39 is 0 Å². The molecule has 22 heavy (non-hydrogen) atoms. The molecule has 3 nitrogen and oxygen atoms in total. The maximum absolute atomic E-state index is 12.3. The highest BCUT2D eigenvalue weighted by Crippen LogP contribution is 2.30. The van der Waals surface area contributed by atoms with Gasteiger partial charge in [0.2, 0.25) is 5.91 Å². The van der Waals surface area contributed by atoms with E-state index in [2.05, 4.69) is 17.6 Å². The molecule has 0 saturated carbocycles. The zero-order valence-corrected chi connectivity index (χ0v) is 14.5. The highest BCUT2D eigenvalue weighted by atomic mass is 35.5. The Kier molecular flexibility index (Phi) is 7.00. The van der Waals surface area contributed by atoms with Gasteiger partial charge < -0.3 is 10.6 Å². The van der Waals surface area contributed by atoms with Crippen molar-refractivity contribution in [3.8, 4) is 0 Å². The second-order valence-electron chi connectivity index (χ2n) is 6.02. The summed E-state index contributed by atoms with van der Waals surface area (Å²) in [6.45, 7) is 4.32. The van der Waals surface area contributed by atoms with Crippen molar-refractivity contribution >= 4 is 34.8 Å². The van der Waals surface area contributed by atoms with Crippen LogP contribution in [0.4, 0.5) is 5.69 Å². The molecule has 2 rings (SSSR count). The van der Waals surface area contributed by atoms with Crippen LogP contribution in [0.3, 0.4) is 0 Å². The highest BCUT2D eigenvalue weighted by Gasteiger charge is 2.25. The first kappa shape index (κ1) is 17.6. The summed E-state index contributed by atoms with van der Waals surface area (Å²) in [5, 5.41) is 7.29. The summed E-state index contributed by atoms with van der Waals surface area (Å²) >= 11 is 11.9. The summed E-state index contributed by atoms with van der Waals surface area (Å²) in [6.07, 6.45) is 5.16. The van der Waals surface area contributed by atoms with Crippen LogP contribution in [-0.2, 0) is 4.79 Å². The number of piperidine rings is 1. The quantitative estimate of drug-likeness (QED) is 0.783. The van der Waals surface area contributed by atoms with E-state index in [1.54, 1.807) is 18.2 Å². The molecule has 1 saturated heterocycles. The van der Waals surface area contributed by atoms with Crippen LogP contribution in [-0.4, -0.2) is 19.0 Å². The van der Waals surface area contributed by atoms with Crippen molar-refractivity contribution in [2.45, 2.75) is 39.0 Å². The minimum absolute atomic E-state index is 0.0652. The number of carbonyl (C=O) groups is 1.